The molecule has 28 heavy (non-hydrogen) atoms. The summed E-state index contributed by atoms with van der Waals surface area (Å²) in [5.41, 5.74) is -0.200. The number of aromatic nitrogens is 2. The lowest BCUT2D eigenvalue weighted by Crippen LogP contribution is -2.24. The lowest BCUT2D eigenvalue weighted by atomic mass is 9.89. The van der Waals surface area contributed by atoms with Crippen LogP contribution >= 0.6 is 0 Å². The Morgan fingerprint density at radius 2 is 2.04 bits per heavy atom. The van der Waals surface area contributed by atoms with Gasteiger partial charge < -0.3 is 14.6 Å². The van der Waals surface area contributed by atoms with E-state index in [0.29, 0.717) is 5.56 Å². The van der Waals surface area contributed by atoms with Gasteiger partial charge in [-0.2, -0.15) is 13.8 Å². The number of hydrogen-bond donors (Lipinski definition) is 1. The van der Waals surface area contributed by atoms with Crippen molar-refractivity contribution in [2.45, 2.75) is 19.0 Å². The second-order valence-electron chi connectivity index (χ2n) is 5.87. The fraction of sp³-hybridized carbons (Fsp3) is 0.211. The number of rotatable bonds is 6. The van der Waals surface area contributed by atoms with E-state index in [1.807, 2.05) is 0 Å². The van der Waals surface area contributed by atoms with Gasteiger partial charge in [0.15, 0.2) is 0 Å². The van der Waals surface area contributed by atoms with Crippen molar-refractivity contribution < 1.29 is 28.2 Å². The summed E-state index contributed by atoms with van der Waals surface area (Å²) in [4.78, 5) is 28.9. The van der Waals surface area contributed by atoms with E-state index < -0.39 is 29.9 Å². The van der Waals surface area contributed by atoms with Crippen LogP contribution in [0.25, 0.3) is 5.65 Å². The van der Waals surface area contributed by atoms with E-state index in [-0.39, 0.29) is 23.4 Å². The van der Waals surface area contributed by atoms with Gasteiger partial charge in [-0.1, -0.05) is 18.2 Å². The van der Waals surface area contributed by atoms with Crippen molar-refractivity contribution in [1.29, 1.82) is 0 Å². The Morgan fingerprint density at radius 3 is 2.75 bits per heavy atom. The minimum atomic E-state index is -3.03. The van der Waals surface area contributed by atoms with Gasteiger partial charge in [0, 0.05) is 12.1 Å². The fourth-order valence-corrected chi connectivity index (χ4v) is 2.94. The van der Waals surface area contributed by atoms with Crippen molar-refractivity contribution in [1.82, 2.24) is 9.38 Å². The van der Waals surface area contributed by atoms with Gasteiger partial charge in [-0.05, 0) is 29.8 Å². The molecule has 1 N–H and O–H groups in total. The zero-order chi connectivity index (χ0) is 20.3. The van der Waals surface area contributed by atoms with Crippen LogP contribution in [0.5, 0.6) is 11.6 Å². The summed E-state index contributed by atoms with van der Waals surface area (Å²) in [7, 11) is 1.18. The zero-order valence-corrected chi connectivity index (χ0v) is 14.7. The van der Waals surface area contributed by atoms with Crippen LogP contribution in [-0.2, 0) is 9.53 Å². The first-order valence-corrected chi connectivity index (χ1v) is 8.22. The maximum absolute atomic E-state index is 13.0. The van der Waals surface area contributed by atoms with Crippen LogP contribution in [0.3, 0.4) is 0 Å². The Morgan fingerprint density at radius 1 is 1.25 bits per heavy atom. The van der Waals surface area contributed by atoms with Crippen LogP contribution in [0, 0.1) is 0 Å². The number of pyridine rings is 1. The van der Waals surface area contributed by atoms with Crippen LogP contribution in [-0.4, -0.2) is 34.2 Å². The van der Waals surface area contributed by atoms with Crippen molar-refractivity contribution in [3.63, 3.8) is 0 Å². The summed E-state index contributed by atoms with van der Waals surface area (Å²) in [5.74, 6) is -2.33. The number of carbonyl (C=O) groups excluding carboxylic acids is 1. The lowest BCUT2D eigenvalue weighted by molar-refractivity contribution is -0.140. The van der Waals surface area contributed by atoms with E-state index in [1.165, 1.54) is 48.0 Å². The highest BCUT2D eigenvalue weighted by Gasteiger charge is 2.27. The van der Waals surface area contributed by atoms with Crippen LogP contribution in [0.2, 0.25) is 0 Å². The van der Waals surface area contributed by atoms with Gasteiger partial charge in [0.05, 0.1) is 19.1 Å². The molecule has 1 atom stereocenters. The monoisotopic (exact) mass is 390 g/mol. The molecule has 2 heterocycles. The van der Waals surface area contributed by atoms with Crippen LogP contribution < -0.4 is 10.3 Å². The molecule has 9 heteroatoms. The minimum Gasteiger partial charge on any atom is -0.493 e. The normalized spacial score (nSPS) is 12.1. The van der Waals surface area contributed by atoms with E-state index in [2.05, 4.69) is 14.5 Å². The van der Waals surface area contributed by atoms with Gasteiger partial charge in [-0.25, -0.2) is 0 Å². The zero-order valence-electron chi connectivity index (χ0n) is 14.7. The molecule has 0 aliphatic heterocycles. The highest BCUT2D eigenvalue weighted by Crippen LogP contribution is 2.33. The third-order valence-electron chi connectivity index (χ3n) is 4.18. The predicted octanol–water partition coefficient (Wildman–Crippen LogP) is 2.70. The Balaban J connectivity index is 2.18. The van der Waals surface area contributed by atoms with Crippen LogP contribution in [0.4, 0.5) is 8.78 Å². The number of aromatic hydroxyl groups is 1. The van der Waals surface area contributed by atoms with Crippen molar-refractivity contribution >= 4 is 11.6 Å². The number of esters is 1. The van der Waals surface area contributed by atoms with E-state index in [4.69, 9.17) is 0 Å². The molecule has 3 aromatic rings. The summed E-state index contributed by atoms with van der Waals surface area (Å²) in [6, 6.07) is 10.4. The topological polar surface area (TPSA) is 90.1 Å². The number of nitrogens with zero attached hydrogens (tertiary/aromatic N) is 2. The molecule has 0 radical (unpaired) electrons. The van der Waals surface area contributed by atoms with Crippen molar-refractivity contribution in [3.05, 3.63) is 70.1 Å². The lowest BCUT2D eigenvalue weighted by Gasteiger charge is -2.18. The van der Waals surface area contributed by atoms with Crippen LogP contribution in [0.15, 0.2) is 53.5 Å². The second-order valence-corrected chi connectivity index (χ2v) is 5.87. The number of alkyl halides is 2. The van der Waals surface area contributed by atoms with Gasteiger partial charge in [0.25, 0.3) is 5.56 Å². The first-order valence-electron chi connectivity index (χ1n) is 8.22. The number of benzene rings is 1. The molecule has 0 fully saturated rings. The number of fused-ring (bicyclic) bond motifs is 1. The molecule has 2 aromatic heterocycles. The first kappa shape index (κ1) is 19.3. The standard InChI is InChI=1S/C19H16F2N2O5/c1-27-15(24)10-13(11-5-4-6-12(9-11)28-19(20)21)16-17(25)22-14-7-2-3-8-23(14)18(16)26/h2-9,13,19,25H,10H2,1H3/t13-/m1/s1. The maximum atomic E-state index is 13.0. The predicted molar refractivity (Wildman–Crippen MR) is 94.7 cm³/mol. The smallest absolute Gasteiger partial charge is 0.387 e. The molecule has 3 rings (SSSR count). The average Bonchev–Trinajstić information content (AvgIpc) is 2.66. The summed E-state index contributed by atoms with van der Waals surface area (Å²) in [6.07, 6.45) is 1.16. The molecule has 0 saturated heterocycles. The molecular weight excluding hydrogens is 374 g/mol. The van der Waals surface area contributed by atoms with Crippen LogP contribution in [0.1, 0.15) is 23.5 Å². The molecule has 7 nitrogen and oxygen atoms in total. The number of halogens is 2. The molecule has 0 unspecified atom stereocenters. The van der Waals surface area contributed by atoms with Crippen molar-refractivity contribution in [3.8, 4) is 11.6 Å². The van der Waals surface area contributed by atoms with E-state index in [0.717, 1.165) is 0 Å². The summed E-state index contributed by atoms with van der Waals surface area (Å²) >= 11 is 0. The van der Waals surface area contributed by atoms with E-state index in [1.54, 1.807) is 12.1 Å². The Bertz CT molecular complexity index is 1070. The number of ether oxygens (including phenoxy) is 2. The largest absolute Gasteiger partial charge is 0.493 e. The summed E-state index contributed by atoms with van der Waals surface area (Å²) < 4.78 is 35.4. The fourth-order valence-electron chi connectivity index (χ4n) is 2.94. The average molecular weight is 390 g/mol. The number of methoxy groups -OCH3 is 1. The third kappa shape index (κ3) is 3.93. The molecule has 0 spiro atoms. The molecule has 0 saturated carbocycles. The number of hydrogen-bond acceptors (Lipinski definition) is 6. The molecular formula is C19H16F2N2O5. The quantitative estimate of drug-likeness (QED) is 0.651. The van der Waals surface area contributed by atoms with Gasteiger partial charge in [-0.3, -0.25) is 14.0 Å². The summed E-state index contributed by atoms with van der Waals surface area (Å²) in [6.45, 7) is -3.03. The first-order chi connectivity index (χ1) is 13.4. The maximum Gasteiger partial charge on any atom is 0.387 e. The van der Waals surface area contributed by atoms with E-state index >= 15 is 0 Å². The Labute approximate surface area is 157 Å². The SMILES string of the molecule is COC(=O)C[C@H](c1cccc(OC(F)F)c1)c1c(O)nc2ccccn2c1=O. The van der Waals surface area contributed by atoms with Crippen molar-refractivity contribution in [2.75, 3.05) is 7.11 Å². The highest BCUT2D eigenvalue weighted by atomic mass is 19.3. The highest BCUT2D eigenvalue weighted by molar-refractivity contribution is 5.71. The molecule has 0 bridgehead atoms. The van der Waals surface area contributed by atoms with Gasteiger partial charge in [0.2, 0.25) is 5.88 Å². The second kappa shape index (κ2) is 8.03. The molecule has 1 aromatic carbocycles. The molecule has 0 aliphatic rings. The molecule has 0 amide bonds. The Hall–Kier alpha value is -3.49. The third-order valence-corrected chi connectivity index (χ3v) is 4.18. The Kier molecular flexibility index (Phi) is 5.53. The summed E-state index contributed by atoms with van der Waals surface area (Å²) in [5, 5.41) is 10.4. The molecule has 0 aliphatic carbocycles. The van der Waals surface area contributed by atoms with Crippen molar-refractivity contribution in [2.24, 2.45) is 0 Å². The minimum absolute atomic E-state index is 0.143. The number of carbonyl (C=O) groups is 1. The van der Waals surface area contributed by atoms with Gasteiger partial charge in [-0.15, -0.1) is 0 Å². The van der Waals surface area contributed by atoms with Gasteiger partial charge in [0.1, 0.15) is 11.4 Å². The van der Waals surface area contributed by atoms with Gasteiger partial charge >= 0.3 is 12.6 Å². The molecule has 146 valence electrons. The van der Waals surface area contributed by atoms with E-state index in [9.17, 15) is 23.5 Å².